The first-order chi connectivity index (χ1) is 8.16. The Labute approximate surface area is 100 Å². The highest BCUT2D eigenvalue weighted by Crippen LogP contribution is 2.17. The molecule has 1 aromatic carbocycles. The van der Waals surface area contributed by atoms with Crippen LogP contribution in [0.1, 0.15) is 28.8 Å². The second-order valence-electron chi connectivity index (χ2n) is 4.45. The Balaban J connectivity index is 1.79. The maximum Gasteiger partial charge on any atom is 0.251 e. The van der Waals surface area contributed by atoms with E-state index >= 15 is 0 Å². The molecular weight excluding hydrogens is 219 g/mol. The minimum atomic E-state index is -0.339. The van der Waals surface area contributed by atoms with Crippen molar-refractivity contribution in [3.05, 3.63) is 35.1 Å². The molecule has 0 unspecified atom stereocenters. The lowest BCUT2D eigenvalue weighted by atomic mass is 10.1. The van der Waals surface area contributed by atoms with Gasteiger partial charge in [0.15, 0.2) is 0 Å². The minimum Gasteiger partial charge on any atom is -0.351 e. The normalized spacial score (nSPS) is 14.7. The molecule has 1 aliphatic rings. The van der Waals surface area contributed by atoms with Crippen molar-refractivity contribution in [3.8, 4) is 0 Å². The monoisotopic (exact) mass is 236 g/mol. The summed E-state index contributed by atoms with van der Waals surface area (Å²) >= 11 is 0. The van der Waals surface area contributed by atoms with Crippen LogP contribution in [0.5, 0.6) is 0 Å². The van der Waals surface area contributed by atoms with Crippen molar-refractivity contribution in [2.24, 2.45) is 0 Å². The van der Waals surface area contributed by atoms with Crippen LogP contribution in [-0.2, 0) is 0 Å². The van der Waals surface area contributed by atoms with Gasteiger partial charge in [-0.05, 0) is 37.5 Å². The van der Waals surface area contributed by atoms with Gasteiger partial charge in [0.2, 0.25) is 0 Å². The summed E-state index contributed by atoms with van der Waals surface area (Å²) in [4.78, 5) is 11.7. The SMILES string of the molecule is Cc1ccc(C(=O)NCCNC2CC2)cc1F. The van der Waals surface area contributed by atoms with Crippen LogP contribution in [0.3, 0.4) is 0 Å². The molecule has 1 aromatic rings. The third kappa shape index (κ3) is 3.53. The molecule has 17 heavy (non-hydrogen) atoms. The van der Waals surface area contributed by atoms with Crippen LogP contribution in [0.25, 0.3) is 0 Å². The number of carbonyl (C=O) groups is 1. The van der Waals surface area contributed by atoms with Crippen molar-refractivity contribution >= 4 is 5.91 Å². The Hall–Kier alpha value is -1.42. The van der Waals surface area contributed by atoms with E-state index in [1.54, 1.807) is 19.1 Å². The summed E-state index contributed by atoms with van der Waals surface area (Å²) in [7, 11) is 0. The smallest absolute Gasteiger partial charge is 0.251 e. The molecule has 0 heterocycles. The van der Waals surface area contributed by atoms with Crippen molar-refractivity contribution in [2.45, 2.75) is 25.8 Å². The van der Waals surface area contributed by atoms with E-state index in [1.807, 2.05) is 0 Å². The van der Waals surface area contributed by atoms with E-state index < -0.39 is 0 Å². The van der Waals surface area contributed by atoms with Crippen molar-refractivity contribution < 1.29 is 9.18 Å². The summed E-state index contributed by atoms with van der Waals surface area (Å²) in [5.41, 5.74) is 0.927. The summed E-state index contributed by atoms with van der Waals surface area (Å²) < 4.78 is 13.2. The summed E-state index contributed by atoms with van der Waals surface area (Å²) in [5, 5.41) is 6.06. The van der Waals surface area contributed by atoms with Crippen molar-refractivity contribution in [1.29, 1.82) is 0 Å². The predicted octanol–water partition coefficient (Wildman–Crippen LogP) is 1.62. The second-order valence-corrected chi connectivity index (χ2v) is 4.45. The van der Waals surface area contributed by atoms with E-state index in [-0.39, 0.29) is 11.7 Å². The van der Waals surface area contributed by atoms with Crippen LogP contribution in [0.2, 0.25) is 0 Å². The maximum atomic E-state index is 13.2. The van der Waals surface area contributed by atoms with Crippen LogP contribution < -0.4 is 10.6 Å². The zero-order valence-corrected chi connectivity index (χ0v) is 9.92. The molecule has 0 saturated heterocycles. The van der Waals surface area contributed by atoms with Crippen LogP contribution in [0.4, 0.5) is 4.39 Å². The van der Waals surface area contributed by atoms with Crippen molar-refractivity contribution in [2.75, 3.05) is 13.1 Å². The zero-order chi connectivity index (χ0) is 12.3. The fourth-order valence-corrected chi connectivity index (χ4v) is 1.58. The molecule has 0 spiro atoms. The van der Waals surface area contributed by atoms with Crippen LogP contribution in [0, 0.1) is 12.7 Å². The van der Waals surface area contributed by atoms with Crippen molar-refractivity contribution in [1.82, 2.24) is 10.6 Å². The number of carbonyl (C=O) groups excluding carboxylic acids is 1. The summed E-state index contributed by atoms with van der Waals surface area (Å²) in [6.07, 6.45) is 2.47. The first-order valence-electron chi connectivity index (χ1n) is 5.94. The molecule has 0 aromatic heterocycles. The molecule has 2 rings (SSSR count). The lowest BCUT2D eigenvalue weighted by molar-refractivity contribution is 0.0953. The van der Waals surface area contributed by atoms with E-state index in [4.69, 9.17) is 0 Å². The molecule has 0 aliphatic heterocycles. The number of aryl methyl sites for hydroxylation is 1. The lowest BCUT2D eigenvalue weighted by Crippen LogP contribution is -2.32. The largest absolute Gasteiger partial charge is 0.351 e. The quantitative estimate of drug-likeness (QED) is 0.763. The fraction of sp³-hybridized carbons (Fsp3) is 0.462. The van der Waals surface area contributed by atoms with Gasteiger partial charge in [0.05, 0.1) is 0 Å². The number of nitrogens with one attached hydrogen (secondary N) is 2. The third-order valence-corrected chi connectivity index (χ3v) is 2.85. The number of rotatable bonds is 5. The topological polar surface area (TPSA) is 41.1 Å². The summed E-state index contributed by atoms with van der Waals surface area (Å²) in [5.74, 6) is -0.560. The molecule has 3 nitrogen and oxygen atoms in total. The van der Waals surface area contributed by atoms with E-state index in [1.165, 1.54) is 18.9 Å². The first kappa shape index (κ1) is 12.0. The minimum absolute atomic E-state index is 0.221. The molecule has 1 saturated carbocycles. The van der Waals surface area contributed by atoms with Crippen LogP contribution in [0.15, 0.2) is 18.2 Å². The molecule has 4 heteroatoms. The fourth-order valence-electron chi connectivity index (χ4n) is 1.58. The molecule has 92 valence electrons. The Morgan fingerprint density at radius 2 is 2.18 bits per heavy atom. The highest BCUT2D eigenvalue weighted by atomic mass is 19.1. The first-order valence-corrected chi connectivity index (χ1v) is 5.94. The van der Waals surface area contributed by atoms with E-state index in [9.17, 15) is 9.18 Å². The predicted molar refractivity (Wildman–Crippen MR) is 64.5 cm³/mol. The van der Waals surface area contributed by atoms with Crippen LogP contribution in [-0.4, -0.2) is 25.0 Å². The van der Waals surface area contributed by atoms with Gasteiger partial charge in [-0.15, -0.1) is 0 Å². The number of halogens is 1. The molecule has 1 fully saturated rings. The third-order valence-electron chi connectivity index (χ3n) is 2.85. The number of hydrogen-bond donors (Lipinski definition) is 2. The zero-order valence-electron chi connectivity index (χ0n) is 9.92. The number of amides is 1. The highest BCUT2D eigenvalue weighted by molar-refractivity contribution is 5.94. The second kappa shape index (κ2) is 5.27. The van der Waals surface area contributed by atoms with Gasteiger partial charge < -0.3 is 10.6 Å². The molecule has 2 N–H and O–H groups in total. The van der Waals surface area contributed by atoms with Gasteiger partial charge in [0.25, 0.3) is 5.91 Å². The van der Waals surface area contributed by atoms with Gasteiger partial charge in [0, 0.05) is 24.7 Å². The molecule has 0 bridgehead atoms. The van der Waals surface area contributed by atoms with E-state index in [2.05, 4.69) is 10.6 Å². The summed E-state index contributed by atoms with van der Waals surface area (Å²) in [6, 6.07) is 5.18. The standard InChI is InChI=1S/C13H17FN2O/c1-9-2-3-10(8-12(9)14)13(17)16-7-6-15-11-4-5-11/h2-3,8,11,15H,4-7H2,1H3,(H,16,17). The molecule has 0 atom stereocenters. The van der Waals surface area contributed by atoms with Gasteiger partial charge in [-0.25, -0.2) is 4.39 Å². The molecule has 1 aliphatic carbocycles. The van der Waals surface area contributed by atoms with Crippen LogP contribution >= 0.6 is 0 Å². The number of benzene rings is 1. The Kier molecular flexibility index (Phi) is 3.74. The van der Waals surface area contributed by atoms with Crippen molar-refractivity contribution in [3.63, 3.8) is 0 Å². The molecule has 1 amide bonds. The molecular formula is C13H17FN2O. The number of hydrogen-bond acceptors (Lipinski definition) is 2. The highest BCUT2D eigenvalue weighted by Gasteiger charge is 2.19. The molecule has 0 radical (unpaired) electrons. The van der Waals surface area contributed by atoms with Gasteiger partial charge in [-0.2, -0.15) is 0 Å². The summed E-state index contributed by atoms with van der Waals surface area (Å²) in [6.45, 7) is 3.02. The van der Waals surface area contributed by atoms with Gasteiger partial charge >= 0.3 is 0 Å². The maximum absolute atomic E-state index is 13.2. The Morgan fingerprint density at radius 3 is 2.82 bits per heavy atom. The Morgan fingerprint density at radius 1 is 1.41 bits per heavy atom. The Bertz CT molecular complexity index is 416. The van der Waals surface area contributed by atoms with Gasteiger partial charge in [-0.1, -0.05) is 6.07 Å². The van der Waals surface area contributed by atoms with Gasteiger partial charge in [-0.3, -0.25) is 4.79 Å². The van der Waals surface area contributed by atoms with Gasteiger partial charge in [0.1, 0.15) is 5.82 Å². The van der Waals surface area contributed by atoms with E-state index in [0.29, 0.717) is 23.7 Å². The average molecular weight is 236 g/mol. The lowest BCUT2D eigenvalue weighted by Gasteiger charge is -2.06. The average Bonchev–Trinajstić information content (AvgIpc) is 3.12. The van der Waals surface area contributed by atoms with E-state index in [0.717, 1.165) is 6.54 Å².